The van der Waals surface area contributed by atoms with Gasteiger partial charge in [-0.2, -0.15) is 8.42 Å². The number of furan rings is 1. The lowest BCUT2D eigenvalue weighted by Crippen LogP contribution is -2.05. The monoisotopic (exact) mass is 404 g/mol. The largest absolute Gasteiger partial charge is 0.424 e. The second-order valence-corrected chi connectivity index (χ2v) is 8.63. The van der Waals surface area contributed by atoms with E-state index in [1.54, 1.807) is 0 Å². The summed E-state index contributed by atoms with van der Waals surface area (Å²) in [7, 11) is -3.65. The third-order valence-corrected chi connectivity index (χ3v) is 4.82. The molecule has 0 radical (unpaired) electrons. The molecule has 0 aromatic carbocycles. The van der Waals surface area contributed by atoms with E-state index < -0.39 is 16.4 Å². The summed E-state index contributed by atoms with van der Waals surface area (Å²) < 4.78 is 37.0. The molecule has 1 unspecified atom stereocenters. The minimum atomic E-state index is -3.65. The molecule has 1 heterocycles. The first kappa shape index (κ1) is 24.0. The molecule has 1 rings (SSSR count). The van der Waals surface area contributed by atoms with Crippen molar-refractivity contribution in [2.75, 3.05) is 12.9 Å². The summed E-state index contributed by atoms with van der Waals surface area (Å²) in [6, 6.07) is 2.78. The van der Waals surface area contributed by atoms with Crippen molar-refractivity contribution in [3.05, 3.63) is 17.9 Å². The Morgan fingerprint density at radius 3 is 1.96 bits per heavy atom. The number of hydrogen-bond acceptors (Lipinski definition) is 6. The average Bonchev–Trinajstić information content (AvgIpc) is 3.05. The molecule has 27 heavy (non-hydrogen) atoms. The van der Waals surface area contributed by atoms with Gasteiger partial charge in [-0.25, -0.2) is 0 Å². The molecule has 7 heteroatoms. The highest BCUT2D eigenvalue weighted by atomic mass is 32.2. The molecule has 6 nitrogen and oxygen atoms in total. The lowest BCUT2D eigenvalue weighted by Gasteiger charge is -2.09. The Labute approximate surface area is 164 Å². The van der Waals surface area contributed by atoms with E-state index in [1.807, 2.05) is 0 Å². The Kier molecular flexibility index (Phi) is 12.5. The van der Waals surface area contributed by atoms with Crippen LogP contribution in [0.5, 0.6) is 5.95 Å². The van der Waals surface area contributed by atoms with Gasteiger partial charge in [0.2, 0.25) is 6.29 Å². The fourth-order valence-electron chi connectivity index (χ4n) is 2.88. The Morgan fingerprint density at radius 2 is 1.44 bits per heavy atom. The van der Waals surface area contributed by atoms with Crippen LogP contribution in [-0.2, 0) is 14.9 Å². The Hall–Kier alpha value is -1.05. The standard InChI is InChI=1S/C20H36O6S/c1-3-4-5-6-7-8-9-10-11-12-13-14-17-24-20(21)18-15-16-19(25-18)26-27(2,22)23/h15-16,20-21H,3-14,17H2,1-2H3. The van der Waals surface area contributed by atoms with E-state index in [2.05, 4.69) is 11.1 Å². The predicted molar refractivity (Wildman–Crippen MR) is 106 cm³/mol. The minimum Gasteiger partial charge on any atom is -0.424 e. The maximum absolute atomic E-state index is 11.0. The quantitative estimate of drug-likeness (QED) is 0.215. The van der Waals surface area contributed by atoms with E-state index in [-0.39, 0.29) is 11.7 Å². The van der Waals surface area contributed by atoms with E-state index in [0.29, 0.717) is 6.61 Å². The van der Waals surface area contributed by atoms with E-state index in [9.17, 15) is 13.5 Å². The van der Waals surface area contributed by atoms with Crippen LogP contribution in [0.4, 0.5) is 0 Å². The van der Waals surface area contributed by atoms with Gasteiger partial charge in [0.1, 0.15) is 0 Å². The van der Waals surface area contributed by atoms with E-state index in [0.717, 1.165) is 19.1 Å². The van der Waals surface area contributed by atoms with Crippen molar-refractivity contribution >= 4 is 10.1 Å². The first-order valence-corrected chi connectivity index (χ1v) is 12.0. The van der Waals surface area contributed by atoms with Gasteiger partial charge in [0.25, 0.3) is 0 Å². The zero-order chi connectivity index (χ0) is 20.0. The highest BCUT2D eigenvalue weighted by molar-refractivity contribution is 7.86. The van der Waals surface area contributed by atoms with Crippen LogP contribution in [0, 0.1) is 0 Å². The van der Waals surface area contributed by atoms with Gasteiger partial charge in [0.15, 0.2) is 5.76 Å². The molecule has 0 fully saturated rings. The summed E-state index contributed by atoms with van der Waals surface area (Å²) >= 11 is 0. The van der Waals surface area contributed by atoms with E-state index in [1.165, 1.54) is 76.3 Å². The lowest BCUT2D eigenvalue weighted by molar-refractivity contribution is -0.116. The molecular formula is C20H36O6S. The molecule has 158 valence electrons. The number of aliphatic hydroxyl groups excluding tert-OH is 1. The molecule has 1 N–H and O–H groups in total. The molecular weight excluding hydrogens is 368 g/mol. The molecule has 0 amide bonds. The third-order valence-electron chi connectivity index (χ3n) is 4.35. The molecule has 1 aromatic heterocycles. The van der Waals surface area contributed by atoms with Crippen molar-refractivity contribution in [3.8, 4) is 5.95 Å². The van der Waals surface area contributed by atoms with Gasteiger partial charge < -0.3 is 18.4 Å². The Balaban J connectivity index is 1.97. The van der Waals surface area contributed by atoms with Crippen LogP contribution in [0.3, 0.4) is 0 Å². The van der Waals surface area contributed by atoms with Crippen molar-refractivity contribution < 1.29 is 26.9 Å². The molecule has 0 saturated carbocycles. The van der Waals surface area contributed by atoms with Gasteiger partial charge in [-0.15, -0.1) is 0 Å². The van der Waals surface area contributed by atoms with Crippen LogP contribution in [0.25, 0.3) is 0 Å². The number of rotatable bonds is 17. The fourth-order valence-corrected chi connectivity index (χ4v) is 3.27. The summed E-state index contributed by atoms with van der Waals surface area (Å²) in [5.41, 5.74) is 0. The van der Waals surface area contributed by atoms with Gasteiger partial charge in [-0.3, -0.25) is 0 Å². The van der Waals surface area contributed by atoms with Crippen LogP contribution in [-0.4, -0.2) is 26.4 Å². The van der Waals surface area contributed by atoms with Crippen LogP contribution in [0.15, 0.2) is 16.5 Å². The van der Waals surface area contributed by atoms with Gasteiger partial charge in [0, 0.05) is 6.07 Å². The topological polar surface area (TPSA) is 86.0 Å². The molecule has 1 aromatic rings. The van der Waals surface area contributed by atoms with Crippen molar-refractivity contribution in [1.82, 2.24) is 0 Å². The molecule has 0 aliphatic rings. The van der Waals surface area contributed by atoms with Crippen LogP contribution >= 0.6 is 0 Å². The molecule has 0 bridgehead atoms. The predicted octanol–water partition coefficient (Wildman–Crippen LogP) is 5.33. The van der Waals surface area contributed by atoms with E-state index >= 15 is 0 Å². The summed E-state index contributed by atoms with van der Waals surface area (Å²) in [6.45, 7) is 2.68. The fraction of sp³-hybridized carbons (Fsp3) is 0.800. The van der Waals surface area contributed by atoms with E-state index in [4.69, 9.17) is 9.15 Å². The van der Waals surface area contributed by atoms with Crippen LogP contribution in [0.1, 0.15) is 96.0 Å². The number of hydrogen-bond donors (Lipinski definition) is 1. The number of ether oxygens (including phenoxy) is 1. The molecule has 0 saturated heterocycles. The van der Waals surface area contributed by atoms with Gasteiger partial charge in [-0.1, -0.05) is 77.6 Å². The van der Waals surface area contributed by atoms with Crippen molar-refractivity contribution in [1.29, 1.82) is 0 Å². The SMILES string of the molecule is CCCCCCCCCCCCCCOC(O)c1ccc(OS(C)(=O)=O)o1. The summed E-state index contributed by atoms with van der Waals surface area (Å²) in [5.74, 6) is -0.0481. The lowest BCUT2D eigenvalue weighted by atomic mass is 10.1. The summed E-state index contributed by atoms with van der Waals surface area (Å²) in [4.78, 5) is 0. The first-order chi connectivity index (χ1) is 12.9. The van der Waals surface area contributed by atoms with Crippen molar-refractivity contribution in [2.24, 2.45) is 0 Å². The summed E-state index contributed by atoms with van der Waals surface area (Å²) in [6.07, 6.45) is 14.9. The molecule has 1 atom stereocenters. The Bertz CT molecular complexity index is 581. The second-order valence-electron chi connectivity index (χ2n) is 7.06. The highest BCUT2D eigenvalue weighted by Crippen LogP contribution is 2.23. The first-order valence-electron chi connectivity index (χ1n) is 10.2. The zero-order valence-corrected chi connectivity index (χ0v) is 17.6. The number of unbranched alkanes of at least 4 members (excludes halogenated alkanes) is 11. The van der Waals surface area contributed by atoms with Gasteiger partial charge in [-0.05, 0) is 12.5 Å². The van der Waals surface area contributed by atoms with Gasteiger partial charge in [0.05, 0.1) is 12.9 Å². The molecule has 0 spiro atoms. The maximum Gasteiger partial charge on any atom is 0.308 e. The average molecular weight is 405 g/mol. The maximum atomic E-state index is 11.0. The van der Waals surface area contributed by atoms with Crippen molar-refractivity contribution in [2.45, 2.75) is 90.3 Å². The zero-order valence-electron chi connectivity index (χ0n) is 16.8. The third kappa shape index (κ3) is 12.9. The second kappa shape index (κ2) is 14.0. The Morgan fingerprint density at radius 1 is 0.926 bits per heavy atom. The molecule has 0 aliphatic heterocycles. The number of aliphatic hydroxyl groups is 1. The molecule has 0 aliphatic carbocycles. The normalized spacial score (nSPS) is 13.0. The van der Waals surface area contributed by atoms with Gasteiger partial charge >= 0.3 is 16.1 Å². The smallest absolute Gasteiger partial charge is 0.308 e. The summed E-state index contributed by atoms with van der Waals surface area (Å²) in [5, 5.41) is 9.89. The minimum absolute atomic E-state index is 0.132. The van der Waals surface area contributed by atoms with Crippen LogP contribution < -0.4 is 4.18 Å². The van der Waals surface area contributed by atoms with Crippen molar-refractivity contribution in [3.63, 3.8) is 0 Å². The highest BCUT2D eigenvalue weighted by Gasteiger charge is 2.15. The van der Waals surface area contributed by atoms with Crippen LogP contribution in [0.2, 0.25) is 0 Å².